The van der Waals surface area contributed by atoms with Gasteiger partial charge in [0.1, 0.15) is 5.82 Å². The van der Waals surface area contributed by atoms with Gasteiger partial charge in [-0.25, -0.2) is 4.39 Å². The van der Waals surface area contributed by atoms with Crippen molar-refractivity contribution in [2.24, 2.45) is 11.7 Å². The van der Waals surface area contributed by atoms with Crippen LogP contribution in [-0.2, 0) is 4.79 Å². The number of nitrogens with zero attached hydrogens (tertiary/aromatic N) is 2. The van der Waals surface area contributed by atoms with Gasteiger partial charge in [0.15, 0.2) is 0 Å². The Labute approximate surface area is 166 Å². The number of rotatable bonds is 4. The molecule has 2 aliphatic rings. The van der Waals surface area contributed by atoms with E-state index in [1.54, 1.807) is 12.1 Å². The van der Waals surface area contributed by atoms with Crippen LogP contribution in [0.2, 0.25) is 0 Å². The van der Waals surface area contributed by atoms with E-state index < -0.39 is 0 Å². The van der Waals surface area contributed by atoms with Crippen LogP contribution in [0.15, 0.2) is 48.5 Å². The molecule has 2 fully saturated rings. The van der Waals surface area contributed by atoms with Gasteiger partial charge < -0.3 is 15.5 Å². The first-order valence-electron chi connectivity index (χ1n) is 10.2. The molecule has 2 N–H and O–H groups in total. The smallest absolute Gasteiger partial charge is 0.220 e. The van der Waals surface area contributed by atoms with Crippen LogP contribution in [0, 0.1) is 11.7 Å². The average molecular weight is 381 g/mol. The fourth-order valence-corrected chi connectivity index (χ4v) is 4.59. The first-order valence-corrected chi connectivity index (χ1v) is 10.2. The van der Waals surface area contributed by atoms with Crippen LogP contribution in [0.5, 0.6) is 0 Å². The molecule has 0 saturated carbocycles. The van der Waals surface area contributed by atoms with E-state index in [0.717, 1.165) is 63.0 Å². The molecule has 148 valence electrons. The quantitative estimate of drug-likeness (QED) is 0.879. The van der Waals surface area contributed by atoms with E-state index in [0.29, 0.717) is 6.04 Å². The summed E-state index contributed by atoms with van der Waals surface area (Å²) in [5.74, 6) is -0.293. The molecular formula is C23H28FN3O. The molecule has 4 rings (SSSR count). The standard InChI is InChI=1S/C23H28FN3O/c24-20-5-1-3-18(15-20)19-4-2-6-22(16-19)27-13-9-21(10-14-27)26-11-7-17(8-12-26)23(25)28/h1-6,15-17,21H,7-14H2,(H2,25,28). The highest BCUT2D eigenvalue weighted by Crippen LogP contribution is 2.29. The van der Waals surface area contributed by atoms with E-state index in [-0.39, 0.29) is 17.6 Å². The maximum atomic E-state index is 13.6. The molecule has 2 heterocycles. The molecule has 0 spiro atoms. The Balaban J connectivity index is 1.37. The maximum absolute atomic E-state index is 13.6. The van der Waals surface area contributed by atoms with Gasteiger partial charge in [0.25, 0.3) is 0 Å². The van der Waals surface area contributed by atoms with Crippen LogP contribution in [0.25, 0.3) is 11.1 Å². The third-order valence-corrected chi connectivity index (χ3v) is 6.28. The lowest BCUT2D eigenvalue weighted by Crippen LogP contribution is -2.48. The van der Waals surface area contributed by atoms with E-state index in [1.807, 2.05) is 12.1 Å². The molecule has 28 heavy (non-hydrogen) atoms. The number of hydrogen-bond acceptors (Lipinski definition) is 3. The van der Waals surface area contributed by atoms with Gasteiger partial charge in [-0.15, -0.1) is 0 Å². The minimum Gasteiger partial charge on any atom is -0.371 e. The van der Waals surface area contributed by atoms with Gasteiger partial charge in [0.2, 0.25) is 5.91 Å². The molecular weight excluding hydrogens is 353 g/mol. The predicted molar refractivity (Wildman–Crippen MR) is 111 cm³/mol. The number of piperidine rings is 2. The highest BCUT2D eigenvalue weighted by atomic mass is 19.1. The van der Waals surface area contributed by atoms with Crippen molar-refractivity contribution >= 4 is 11.6 Å². The first-order chi connectivity index (χ1) is 13.6. The minimum absolute atomic E-state index is 0.0573. The monoisotopic (exact) mass is 381 g/mol. The molecule has 0 aromatic heterocycles. The average Bonchev–Trinajstić information content (AvgIpc) is 2.74. The van der Waals surface area contributed by atoms with Crippen molar-refractivity contribution in [3.63, 3.8) is 0 Å². The van der Waals surface area contributed by atoms with Crippen molar-refractivity contribution < 1.29 is 9.18 Å². The highest BCUT2D eigenvalue weighted by molar-refractivity contribution is 5.76. The van der Waals surface area contributed by atoms with Gasteiger partial charge in [-0.3, -0.25) is 4.79 Å². The van der Waals surface area contributed by atoms with Crippen LogP contribution in [0.4, 0.5) is 10.1 Å². The Hall–Kier alpha value is -2.40. The summed E-state index contributed by atoms with van der Waals surface area (Å²) in [5, 5.41) is 0. The molecule has 4 nitrogen and oxygen atoms in total. The SMILES string of the molecule is NC(=O)C1CCN(C2CCN(c3cccc(-c4cccc(F)c4)c3)CC2)CC1. The Kier molecular flexibility index (Phi) is 5.62. The normalized spacial score (nSPS) is 19.7. The summed E-state index contributed by atoms with van der Waals surface area (Å²) in [6.07, 6.45) is 4.05. The third-order valence-electron chi connectivity index (χ3n) is 6.28. The topological polar surface area (TPSA) is 49.6 Å². The van der Waals surface area contributed by atoms with Crippen molar-refractivity contribution in [3.05, 3.63) is 54.3 Å². The van der Waals surface area contributed by atoms with E-state index in [9.17, 15) is 9.18 Å². The summed E-state index contributed by atoms with van der Waals surface area (Å²) >= 11 is 0. The van der Waals surface area contributed by atoms with Crippen LogP contribution < -0.4 is 10.6 Å². The molecule has 2 aliphatic heterocycles. The Morgan fingerprint density at radius 1 is 0.893 bits per heavy atom. The van der Waals surface area contributed by atoms with Gasteiger partial charge in [-0.05, 0) is 74.2 Å². The predicted octanol–water partition coefficient (Wildman–Crippen LogP) is 3.66. The lowest BCUT2D eigenvalue weighted by Gasteiger charge is -2.42. The van der Waals surface area contributed by atoms with E-state index in [1.165, 1.54) is 11.8 Å². The molecule has 0 aliphatic carbocycles. The van der Waals surface area contributed by atoms with Crippen molar-refractivity contribution in [1.82, 2.24) is 4.90 Å². The maximum Gasteiger partial charge on any atom is 0.220 e. The van der Waals surface area contributed by atoms with Crippen molar-refractivity contribution in [1.29, 1.82) is 0 Å². The number of nitrogens with two attached hydrogens (primary N) is 1. The number of hydrogen-bond donors (Lipinski definition) is 1. The fourth-order valence-electron chi connectivity index (χ4n) is 4.59. The zero-order valence-electron chi connectivity index (χ0n) is 16.2. The Bertz CT molecular complexity index is 824. The first kappa shape index (κ1) is 18.9. The minimum atomic E-state index is -0.205. The number of amides is 1. The molecule has 0 radical (unpaired) electrons. The van der Waals surface area contributed by atoms with Gasteiger partial charge in [0, 0.05) is 30.7 Å². The summed E-state index contributed by atoms with van der Waals surface area (Å²) in [6, 6.07) is 15.7. The molecule has 2 aromatic rings. The van der Waals surface area contributed by atoms with Crippen molar-refractivity contribution in [3.8, 4) is 11.1 Å². The zero-order valence-corrected chi connectivity index (χ0v) is 16.2. The second-order valence-electron chi connectivity index (χ2n) is 7.99. The van der Waals surface area contributed by atoms with Crippen LogP contribution in [0.3, 0.4) is 0 Å². The summed E-state index contributed by atoms with van der Waals surface area (Å²) in [7, 11) is 0. The van der Waals surface area contributed by atoms with Gasteiger partial charge in [-0.2, -0.15) is 0 Å². The van der Waals surface area contributed by atoms with Gasteiger partial charge >= 0.3 is 0 Å². The summed E-state index contributed by atoms with van der Waals surface area (Å²) < 4.78 is 13.6. The second-order valence-corrected chi connectivity index (χ2v) is 7.99. The van der Waals surface area contributed by atoms with Crippen LogP contribution in [-0.4, -0.2) is 43.0 Å². The van der Waals surface area contributed by atoms with Crippen molar-refractivity contribution in [2.75, 3.05) is 31.1 Å². The zero-order chi connectivity index (χ0) is 19.5. The summed E-state index contributed by atoms with van der Waals surface area (Å²) in [5.41, 5.74) is 8.61. The lowest BCUT2D eigenvalue weighted by atomic mass is 9.93. The molecule has 0 unspecified atom stereocenters. The Morgan fingerprint density at radius 2 is 1.54 bits per heavy atom. The third kappa shape index (κ3) is 4.20. The number of carbonyl (C=O) groups excluding carboxylic acids is 1. The van der Waals surface area contributed by atoms with E-state index in [4.69, 9.17) is 5.73 Å². The second kappa shape index (κ2) is 8.31. The Morgan fingerprint density at radius 3 is 2.18 bits per heavy atom. The molecule has 2 aromatic carbocycles. The van der Waals surface area contributed by atoms with Crippen LogP contribution >= 0.6 is 0 Å². The number of anilines is 1. The number of halogens is 1. The highest BCUT2D eigenvalue weighted by Gasteiger charge is 2.29. The summed E-state index contributed by atoms with van der Waals surface area (Å²) in [6.45, 7) is 4.00. The molecule has 0 bridgehead atoms. The number of carbonyl (C=O) groups is 1. The molecule has 0 atom stereocenters. The number of primary amides is 1. The number of likely N-dealkylation sites (tertiary alicyclic amines) is 1. The molecule has 1 amide bonds. The van der Waals surface area contributed by atoms with Crippen LogP contribution in [0.1, 0.15) is 25.7 Å². The van der Waals surface area contributed by atoms with E-state index >= 15 is 0 Å². The molecule has 5 heteroatoms. The number of benzene rings is 2. The largest absolute Gasteiger partial charge is 0.371 e. The lowest BCUT2D eigenvalue weighted by molar-refractivity contribution is -0.123. The molecule has 2 saturated heterocycles. The van der Waals surface area contributed by atoms with Gasteiger partial charge in [0.05, 0.1) is 0 Å². The van der Waals surface area contributed by atoms with Crippen molar-refractivity contribution in [2.45, 2.75) is 31.7 Å². The summed E-state index contributed by atoms with van der Waals surface area (Å²) in [4.78, 5) is 16.3. The van der Waals surface area contributed by atoms with E-state index in [2.05, 4.69) is 28.0 Å². The fraction of sp³-hybridized carbons (Fsp3) is 0.435. The van der Waals surface area contributed by atoms with Gasteiger partial charge in [-0.1, -0.05) is 24.3 Å².